The van der Waals surface area contributed by atoms with Crippen molar-refractivity contribution in [1.82, 2.24) is 0 Å². The number of para-hydroxylation sites is 1. The molecule has 1 amide bonds. The summed E-state index contributed by atoms with van der Waals surface area (Å²) in [6, 6.07) is 14.6. The molecule has 0 saturated heterocycles. The van der Waals surface area contributed by atoms with Crippen LogP contribution in [0.2, 0.25) is 5.02 Å². The molecule has 3 N–H and O–H groups in total. The Morgan fingerprint density at radius 3 is 2.79 bits per heavy atom. The van der Waals surface area contributed by atoms with Gasteiger partial charge in [0.15, 0.2) is 6.54 Å². The Morgan fingerprint density at radius 2 is 2.12 bits per heavy atom. The standard InChI is InChI=1S/C18H18ClN3O2/c1-12(15-5-3-4-6-17(15)24-2)21-11-18(23)22-14-8-7-13(10-20)16(19)9-14/h3-9,12,21H,11H2,1-2H3,(H,22,23)/p+1/t12-/m0/s1. The molecule has 24 heavy (non-hydrogen) atoms. The highest BCUT2D eigenvalue weighted by Crippen LogP contribution is 2.22. The van der Waals surface area contributed by atoms with E-state index in [1.165, 1.54) is 0 Å². The largest absolute Gasteiger partial charge is 0.496 e. The van der Waals surface area contributed by atoms with Gasteiger partial charge in [0.1, 0.15) is 17.9 Å². The van der Waals surface area contributed by atoms with Crippen LogP contribution in [0.15, 0.2) is 42.5 Å². The van der Waals surface area contributed by atoms with Gasteiger partial charge < -0.3 is 15.4 Å². The van der Waals surface area contributed by atoms with Crippen molar-refractivity contribution < 1.29 is 14.8 Å². The number of benzene rings is 2. The monoisotopic (exact) mass is 344 g/mol. The van der Waals surface area contributed by atoms with E-state index in [0.717, 1.165) is 11.3 Å². The van der Waals surface area contributed by atoms with Gasteiger partial charge in [0.2, 0.25) is 0 Å². The van der Waals surface area contributed by atoms with Gasteiger partial charge in [-0.05, 0) is 37.3 Å². The summed E-state index contributed by atoms with van der Waals surface area (Å²) in [7, 11) is 1.63. The summed E-state index contributed by atoms with van der Waals surface area (Å²) in [6.45, 7) is 2.28. The van der Waals surface area contributed by atoms with Crippen LogP contribution in [0.3, 0.4) is 0 Å². The molecule has 0 aliphatic heterocycles. The molecule has 0 saturated carbocycles. The zero-order chi connectivity index (χ0) is 17.5. The highest BCUT2D eigenvalue weighted by molar-refractivity contribution is 6.32. The van der Waals surface area contributed by atoms with Gasteiger partial charge in [-0.3, -0.25) is 4.79 Å². The normalized spacial score (nSPS) is 11.4. The first kappa shape index (κ1) is 17.8. The van der Waals surface area contributed by atoms with Gasteiger partial charge in [-0.1, -0.05) is 23.7 Å². The molecule has 2 rings (SSSR count). The predicted octanol–water partition coefficient (Wildman–Crippen LogP) is 2.48. The molecule has 0 aromatic heterocycles. The zero-order valence-corrected chi connectivity index (χ0v) is 14.3. The number of nitriles is 1. The van der Waals surface area contributed by atoms with Crippen LogP contribution in [0.1, 0.15) is 24.1 Å². The Bertz CT molecular complexity index is 771. The molecule has 6 heteroatoms. The summed E-state index contributed by atoms with van der Waals surface area (Å²) in [6.07, 6.45) is 0. The van der Waals surface area contributed by atoms with Crippen LogP contribution < -0.4 is 15.4 Å². The van der Waals surface area contributed by atoms with Crippen molar-refractivity contribution in [2.75, 3.05) is 19.0 Å². The average molecular weight is 345 g/mol. The van der Waals surface area contributed by atoms with Crippen molar-refractivity contribution >= 4 is 23.2 Å². The number of carbonyl (C=O) groups is 1. The van der Waals surface area contributed by atoms with E-state index >= 15 is 0 Å². The number of quaternary nitrogens is 1. The second kappa shape index (κ2) is 8.34. The van der Waals surface area contributed by atoms with E-state index in [-0.39, 0.29) is 18.5 Å². The average Bonchev–Trinajstić information content (AvgIpc) is 2.59. The van der Waals surface area contributed by atoms with E-state index in [0.29, 0.717) is 16.3 Å². The Morgan fingerprint density at radius 1 is 1.38 bits per heavy atom. The minimum atomic E-state index is -0.141. The number of amides is 1. The molecular formula is C18H19ClN3O2+. The van der Waals surface area contributed by atoms with Gasteiger partial charge in [-0.25, -0.2) is 0 Å². The molecule has 5 nitrogen and oxygen atoms in total. The number of nitrogens with one attached hydrogen (secondary N) is 1. The van der Waals surface area contributed by atoms with Gasteiger partial charge in [-0.15, -0.1) is 0 Å². The Hall–Kier alpha value is -2.55. The second-order valence-electron chi connectivity index (χ2n) is 5.33. The fraction of sp³-hybridized carbons (Fsp3) is 0.222. The second-order valence-corrected chi connectivity index (χ2v) is 5.73. The number of halogens is 1. The molecule has 0 aliphatic rings. The fourth-order valence-electron chi connectivity index (χ4n) is 2.35. The van der Waals surface area contributed by atoms with Gasteiger partial charge in [0.25, 0.3) is 5.91 Å². The van der Waals surface area contributed by atoms with Crippen molar-refractivity contribution in [2.24, 2.45) is 0 Å². The maximum Gasteiger partial charge on any atom is 0.279 e. The molecule has 0 unspecified atom stereocenters. The molecule has 2 aromatic carbocycles. The quantitative estimate of drug-likeness (QED) is 0.845. The molecular weight excluding hydrogens is 326 g/mol. The first-order valence-corrected chi connectivity index (χ1v) is 7.88. The van der Waals surface area contributed by atoms with E-state index in [1.807, 2.05) is 42.6 Å². The summed E-state index contributed by atoms with van der Waals surface area (Å²) < 4.78 is 5.34. The lowest BCUT2D eigenvalue weighted by molar-refractivity contribution is -0.682. The van der Waals surface area contributed by atoms with Crippen LogP contribution in [0.5, 0.6) is 5.75 Å². The Balaban J connectivity index is 1.93. The van der Waals surface area contributed by atoms with Crippen molar-refractivity contribution in [2.45, 2.75) is 13.0 Å². The van der Waals surface area contributed by atoms with Crippen molar-refractivity contribution in [3.63, 3.8) is 0 Å². The van der Waals surface area contributed by atoms with Crippen LogP contribution in [0.25, 0.3) is 0 Å². The van der Waals surface area contributed by atoms with Crippen molar-refractivity contribution in [3.8, 4) is 11.8 Å². The summed E-state index contributed by atoms with van der Waals surface area (Å²) in [5.41, 5.74) is 1.99. The minimum Gasteiger partial charge on any atom is -0.496 e. The SMILES string of the molecule is COc1ccccc1[C@H](C)[NH2+]CC(=O)Nc1ccc(C#N)c(Cl)c1. The lowest BCUT2D eigenvalue weighted by Crippen LogP contribution is -2.86. The smallest absolute Gasteiger partial charge is 0.279 e. The van der Waals surface area contributed by atoms with Crippen LogP contribution in [-0.2, 0) is 4.79 Å². The van der Waals surface area contributed by atoms with Gasteiger partial charge in [0, 0.05) is 5.69 Å². The molecule has 0 aliphatic carbocycles. The first-order chi connectivity index (χ1) is 11.5. The topological polar surface area (TPSA) is 78.7 Å². The van der Waals surface area contributed by atoms with Crippen LogP contribution >= 0.6 is 11.6 Å². The molecule has 2 aromatic rings. The highest BCUT2D eigenvalue weighted by Gasteiger charge is 2.15. The molecule has 1 atom stereocenters. The Labute approximate surface area is 146 Å². The fourth-order valence-corrected chi connectivity index (χ4v) is 2.57. The zero-order valence-electron chi connectivity index (χ0n) is 13.5. The minimum absolute atomic E-state index is 0.0800. The predicted molar refractivity (Wildman–Crippen MR) is 93.0 cm³/mol. The molecule has 0 fully saturated rings. The van der Waals surface area contributed by atoms with Crippen molar-refractivity contribution in [3.05, 3.63) is 58.6 Å². The maximum atomic E-state index is 12.1. The van der Waals surface area contributed by atoms with Gasteiger partial charge >= 0.3 is 0 Å². The first-order valence-electron chi connectivity index (χ1n) is 7.51. The number of rotatable bonds is 6. The molecule has 124 valence electrons. The summed E-state index contributed by atoms with van der Waals surface area (Å²) in [5, 5.41) is 13.9. The van der Waals surface area contributed by atoms with Crippen molar-refractivity contribution in [1.29, 1.82) is 5.26 Å². The van der Waals surface area contributed by atoms with E-state index in [2.05, 4.69) is 5.32 Å². The number of ether oxygens (including phenoxy) is 1. The number of nitrogens with zero attached hydrogens (tertiary/aromatic N) is 1. The van der Waals surface area contributed by atoms with Crippen LogP contribution in [0.4, 0.5) is 5.69 Å². The molecule has 0 radical (unpaired) electrons. The summed E-state index contributed by atoms with van der Waals surface area (Å²) >= 11 is 5.96. The van der Waals surface area contributed by atoms with Gasteiger partial charge in [0.05, 0.1) is 23.3 Å². The molecule has 0 bridgehead atoms. The molecule has 0 spiro atoms. The summed E-state index contributed by atoms with van der Waals surface area (Å²) in [4.78, 5) is 12.1. The number of carbonyl (C=O) groups excluding carboxylic acids is 1. The third-order valence-corrected chi connectivity index (χ3v) is 3.97. The van der Waals surface area contributed by atoms with Crippen LogP contribution in [-0.4, -0.2) is 19.6 Å². The van der Waals surface area contributed by atoms with Gasteiger partial charge in [-0.2, -0.15) is 5.26 Å². The number of methoxy groups -OCH3 is 1. The summed E-state index contributed by atoms with van der Waals surface area (Å²) in [5.74, 6) is 0.665. The van der Waals surface area contributed by atoms with E-state index < -0.39 is 0 Å². The third kappa shape index (κ3) is 4.48. The lowest BCUT2D eigenvalue weighted by atomic mass is 10.1. The van der Waals surface area contributed by atoms with Crippen LogP contribution in [0, 0.1) is 11.3 Å². The third-order valence-electron chi connectivity index (χ3n) is 3.66. The van der Waals surface area contributed by atoms with E-state index in [9.17, 15) is 4.79 Å². The maximum absolute atomic E-state index is 12.1. The lowest BCUT2D eigenvalue weighted by Gasteiger charge is -2.14. The molecule has 0 heterocycles. The Kier molecular flexibility index (Phi) is 6.19. The number of hydrogen-bond donors (Lipinski definition) is 2. The number of hydrogen-bond acceptors (Lipinski definition) is 3. The number of anilines is 1. The number of nitrogens with two attached hydrogens (primary N) is 1. The van der Waals surface area contributed by atoms with E-state index in [1.54, 1.807) is 25.3 Å². The highest BCUT2D eigenvalue weighted by atomic mass is 35.5. The van der Waals surface area contributed by atoms with E-state index in [4.69, 9.17) is 21.6 Å².